The van der Waals surface area contributed by atoms with Crippen LogP contribution in [0, 0.1) is 11.8 Å². The summed E-state index contributed by atoms with van der Waals surface area (Å²) in [5.41, 5.74) is 0.232. The number of nitrogens with zero attached hydrogens (tertiary/aromatic N) is 1. The van der Waals surface area contributed by atoms with Crippen LogP contribution in [0.2, 0.25) is 0 Å². The molecule has 18 heavy (non-hydrogen) atoms. The molecule has 0 bridgehead atoms. The zero-order valence-corrected chi connectivity index (χ0v) is 11.5. The average Bonchev–Trinajstić information content (AvgIpc) is 2.39. The van der Waals surface area contributed by atoms with E-state index in [0.717, 1.165) is 37.2 Å². The van der Waals surface area contributed by atoms with Gasteiger partial charge in [0.05, 0.1) is 12.7 Å². The van der Waals surface area contributed by atoms with Gasteiger partial charge in [0.15, 0.2) is 0 Å². The lowest BCUT2D eigenvalue weighted by Gasteiger charge is -2.37. The highest BCUT2D eigenvalue weighted by molar-refractivity contribution is 5.24. The van der Waals surface area contributed by atoms with Crippen molar-refractivity contribution in [3.05, 3.63) is 23.9 Å². The molecule has 0 unspecified atom stereocenters. The summed E-state index contributed by atoms with van der Waals surface area (Å²) in [6, 6.07) is 3.75. The predicted octanol–water partition coefficient (Wildman–Crippen LogP) is 3.12. The van der Waals surface area contributed by atoms with Gasteiger partial charge in [-0.3, -0.25) is 0 Å². The number of hydrogen-bond donors (Lipinski definition) is 1. The van der Waals surface area contributed by atoms with Gasteiger partial charge in [-0.1, -0.05) is 13.8 Å². The number of methoxy groups -OCH3 is 1. The number of ether oxygens (including phenoxy) is 1. The number of aromatic nitrogens is 1. The first-order valence-electron chi connectivity index (χ1n) is 6.78. The van der Waals surface area contributed by atoms with Crippen molar-refractivity contribution in [3.8, 4) is 5.88 Å². The standard InChI is InChI=1S/C15H23NO2/c1-11(2)12-6-8-15(17,9-7-12)13-4-5-14(18-3)16-10-13/h4-5,10-12,17H,6-9H2,1-3H3. The number of hydrogen-bond acceptors (Lipinski definition) is 3. The largest absolute Gasteiger partial charge is 0.481 e. The van der Waals surface area contributed by atoms with Crippen LogP contribution in [0.3, 0.4) is 0 Å². The van der Waals surface area contributed by atoms with Gasteiger partial charge in [0.2, 0.25) is 5.88 Å². The molecule has 3 heteroatoms. The molecule has 0 amide bonds. The Hall–Kier alpha value is -1.09. The van der Waals surface area contributed by atoms with Crippen molar-refractivity contribution in [1.29, 1.82) is 0 Å². The van der Waals surface area contributed by atoms with E-state index in [2.05, 4.69) is 18.8 Å². The molecule has 1 aromatic rings. The molecule has 1 heterocycles. The molecule has 0 atom stereocenters. The van der Waals surface area contributed by atoms with E-state index in [1.807, 2.05) is 12.1 Å². The van der Waals surface area contributed by atoms with E-state index in [1.165, 1.54) is 0 Å². The lowest BCUT2D eigenvalue weighted by atomic mass is 9.72. The highest BCUT2D eigenvalue weighted by atomic mass is 16.5. The maximum absolute atomic E-state index is 10.7. The van der Waals surface area contributed by atoms with Crippen molar-refractivity contribution < 1.29 is 9.84 Å². The lowest BCUT2D eigenvalue weighted by molar-refractivity contribution is -0.0202. The second-order valence-corrected chi connectivity index (χ2v) is 5.70. The van der Waals surface area contributed by atoms with Gasteiger partial charge in [0, 0.05) is 17.8 Å². The maximum Gasteiger partial charge on any atom is 0.212 e. The van der Waals surface area contributed by atoms with E-state index in [9.17, 15) is 5.11 Å². The van der Waals surface area contributed by atoms with E-state index in [1.54, 1.807) is 13.3 Å². The van der Waals surface area contributed by atoms with Crippen LogP contribution in [0.15, 0.2) is 18.3 Å². The van der Waals surface area contributed by atoms with Crippen molar-refractivity contribution >= 4 is 0 Å². The van der Waals surface area contributed by atoms with Crippen molar-refractivity contribution in [1.82, 2.24) is 4.98 Å². The Kier molecular flexibility index (Phi) is 3.91. The zero-order chi connectivity index (χ0) is 13.2. The Morgan fingerprint density at radius 3 is 2.44 bits per heavy atom. The molecule has 1 aliphatic rings. The molecule has 1 fully saturated rings. The van der Waals surface area contributed by atoms with E-state index in [-0.39, 0.29) is 0 Å². The highest BCUT2D eigenvalue weighted by Crippen LogP contribution is 2.41. The van der Waals surface area contributed by atoms with Gasteiger partial charge < -0.3 is 9.84 Å². The second kappa shape index (κ2) is 5.27. The minimum atomic E-state index is -0.690. The summed E-state index contributed by atoms with van der Waals surface area (Å²) in [7, 11) is 1.60. The average molecular weight is 249 g/mol. The third kappa shape index (κ3) is 2.66. The molecular weight excluding hydrogens is 226 g/mol. The normalized spacial score (nSPS) is 28.4. The van der Waals surface area contributed by atoms with Crippen LogP contribution >= 0.6 is 0 Å². The van der Waals surface area contributed by atoms with Gasteiger partial charge in [-0.2, -0.15) is 0 Å². The van der Waals surface area contributed by atoms with Gasteiger partial charge in [-0.15, -0.1) is 0 Å². The SMILES string of the molecule is COc1ccc(C2(O)CCC(C(C)C)CC2)cn1. The Morgan fingerprint density at radius 2 is 2.00 bits per heavy atom. The van der Waals surface area contributed by atoms with E-state index in [0.29, 0.717) is 11.8 Å². The van der Waals surface area contributed by atoms with Crippen LogP contribution in [0.5, 0.6) is 5.88 Å². The van der Waals surface area contributed by atoms with Crippen LogP contribution < -0.4 is 4.74 Å². The Bertz CT molecular complexity index is 378. The number of aliphatic hydroxyl groups is 1. The first kappa shape index (κ1) is 13.3. The quantitative estimate of drug-likeness (QED) is 0.895. The zero-order valence-electron chi connectivity index (χ0n) is 11.5. The van der Waals surface area contributed by atoms with E-state index >= 15 is 0 Å². The molecule has 1 N–H and O–H groups in total. The fourth-order valence-corrected chi connectivity index (χ4v) is 2.85. The van der Waals surface area contributed by atoms with Crippen LogP contribution in [0.25, 0.3) is 0 Å². The number of rotatable bonds is 3. The predicted molar refractivity (Wildman–Crippen MR) is 71.5 cm³/mol. The summed E-state index contributed by atoms with van der Waals surface area (Å²) in [5.74, 6) is 2.05. The van der Waals surface area contributed by atoms with Crippen LogP contribution in [0.4, 0.5) is 0 Å². The minimum absolute atomic E-state index is 0.596. The van der Waals surface area contributed by atoms with Gasteiger partial charge >= 0.3 is 0 Å². The first-order chi connectivity index (χ1) is 8.55. The molecule has 1 saturated carbocycles. The third-order valence-corrected chi connectivity index (χ3v) is 4.28. The minimum Gasteiger partial charge on any atom is -0.481 e. The third-order valence-electron chi connectivity index (χ3n) is 4.28. The molecule has 1 aliphatic carbocycles. The highest BCUT2D eigenvalue weighted by Gasteiger charge is 2.35. The molecule has 0 spiro atoms. The molecule has 0 saturated heterocycles. The Balaban J connectivity index is 2.08. The second-order valence-electron chi connectivity index (χ2n) is 5.70. The van der Waals surface area contributed by atoms with Gasteiger partial charge in [0.25, 0.3) is 0 Å². The molecule has 0 radical (unpaired) electrons. The monoisotopic (exact) mass is 249 g/mol. The Labute approximate surface area is 109 Å². The van der Waals surface area contributed by atoms with Crippen LogP contribution in [0.1, 0.15) is 45.1 Å². The maximum atomic E-state index is 10.7. The summed E-state index contributed by atoms with van der Waals surface area (Å²) >= 11 is 0. The van der Waals surface area contributed by atoms with Crippen molar-refractivity contribution in [2.24, 2.45) is 11.8 Å². The van der Waals surface area contributed by atoms with Crippen molar-refractivity contribution in [2.45, 2.75) is 45.1 Å². The topological polar surface area (TPSA) is 42.4 Å². The summed E-state index contributed by atoms with van der Waals surface area (Å²) in [5, 5.41) is 10.7. The molecule has 3 nitrogen and oxygen atoms in total. The van der Waals surface area contributed by atoms with E-state index < -0.39 is 5.60 Å². The molecule has 0 aromatic carbocycles. The summed E-state index contributed by atoms with van der Waals surface area (Å²) in [6.07, 6.45) is 5.61. The van der Waals surface area contributed by atoms with Crippen molar-refractivity contribution in [2.75, 3.05) is 7.11 Å². The van der Waals surface area contributed by atoms with Gasteiger partial charge in [0.1, 0.15) is 0 Å². The fourth-order valence-electron chi connectivity index (χ4n) is 2.85. The molecule has 100 valence electrons. The lowest BCUT2D eigenvalue weighted by Crippen LogP contribution is -2.32. The smallest absolute Gasteiger partial charge is 0.212 e. The molecular formula is C15H23NO2. The van der Waals surface area contributed by atoms with Crippen LogP contribution in [-0.2, 0) is 5.60 Å². The van der Waals surface area contributed by atoms with E-state index in [4.69, 9.17) is 4.74 Å². The van der Waals surface area contributed by atoms with Crippen molar-refractivity contribution in [3.63, 3.8) is 0 Å². The summed E-state index contributed by atoms with van der Waals surface area (Å²) in [6.45, 7) is 4.54. The summed E-state index contributed by atoms with van der Waals surface area (Å²) < 4.78 is 5.05. The number of pyridine rings is 1. The van der Waals surface area contributed by atoms with Gasteiger partial charge in [-0.25, -0.2) is 4.98 Å². The Morgan fingerprint density at radius 1 is 1.33 bits per heavy atom. The van der Waals surface area contributed by atoms with Crippen LogP contribution in [-0.4, -0.2) is 17.2 Å². The molecule has 0 aliphatic heterocycles. The molecule has 1 aromatic heterocycles. The molecule has 2 rings (SSSR count). The fraction of sp³-hybridized carbons (Fsp3) is 0.667. The van der Waals surface area contributed by atoms with Gasteiger partial charge in [-0.05, 0) is 43.6 Å². The first-order valence-corrected chi connectivity index (χ1v) is 6.78. The summed E-state index contributed by atoms with van der Waals surface area (Å²) in [4.78, 5) is 4.19.